The number of hydrogen-bond donors (Lipinski definition) is 1. The van der Waals surface area contributed by atoms with Crippen molar-refractivity contribution in [2.75, 3.05) is 33.5 Å². The number of hydrogen-bond acceptors (Lipinski definition) is 5. The maximum absolute atomic E-state index is 9.62. The summed E-state index contributed by atoms with van der Waals surface area (Å²) in [7, 11) is 1.69. The van der Waals surface area contributed by atoms with Gasteiger partial charge in [0.15, 0.2) is 0 Å². The molecule has 0 bridgehead atoms. The summed E-state index contributed by atoms with van der Waals surface area (Å²) in [5.41, 5.74) is 2.34. The van der Waals surface area contributed by atoms with Crippen LogP contribution in [0.5, 0.6) is 5.75 Å². The number of rotatable bonds is 26. The quantitative estimate of drug-likeness (QED) is 0.117. The van der Waals surface area contributed by atoms with Crippen LogP contribution in [0.3, 0.4) is 0 Å². The van der Waals surface area contributed by atoms with Crippen molar-refractivity contribution in [3.8, 4) is 5.75 Å². The lowest BCUT2D eigenvalue weighted by Gasteiger charge is -2.18. The van der Waals surface area contributed by atoms with Crippen LogP contribution >= 0.6 is 0 Å². The van der Waals surface area contributed by atoms with Gasteiger partial charge >= 0.3 is 0 Å². The van der Waals surface area contributed by atoms with Crippen LogP contribution in [0.2, 0.25) is 0 Å². The van der Waals surface area contributed by atoms with E-state index in [1.165, 1.54) is 63.4 Å². The molecule has 0 unspecified atom stereocenters. The van der Waals surface area contributed by atoms with Crippen molar-refractivity contribution < 1.29 is 24.1 Å². The van der Waals surface area contributed by atoms with Crippen molar-refractivity contribution in [3.63, 3.8) is 0 Å². The average molecular weight is 599 g/mol. The van der Waals surface area contributed by atoms with Crippen molar-refractivity contribution >= 4 is 0 Å². The Bertz CT molecular complexity index is 902. The second kappa shape index (κ2) is 23.5. The predicted octanol–water partition coefficient (Wildman–Crippen LogP) is 9.25. The highest BCUT2D eigenvalue weighted by Gasteiger charge is 2.12. The molecule has 2 rings (SSSR count). The second-order valence-electron chi connectivity index (χ2n) is 13.0. The molecule has 1 N–H and O–H groups in total. The molecule has 0 heterocycles. The molecule has 5 nitrogen and oxygen atoms in total. The largest absolute Gasteiger partial charge is 0.497 e. The maximum atomic E-state index is 9.62. The van der Waals surface area contributed by atoms with Gasteiger partial charge in [0.05, 0.1) is 33.5 Å². The molecule has 2 aromatic carbocycles. The minimum atomic E-state index is -0.244. The monoisotopic (exact) mass is 598 g/mol. The number of aliphatic hydroxyl groups is 1. The topological polar surface area (TPSA) is 57.2 Å². The van der Waals surface area contributed by atoms with Crippen molar-refractivity contribution in [3.05, 3.63) is 65.7 Å². The van der Waals surface area contributed by atoms with Gasteiger partial charge in [-0.3, -0.25) is 0 Å². The summed E-state index contributed by atoms with van der Waals surface area (Å²) >= 11 is 0. The maximum Gasteiger partial charge on any atom is 0.118 e. The fraction of sp³-hybridized carbons (Fsp3) is 0.684. The van der Waals surface area contributed by atoms with Gasteiger partial charge < -0.3 is 24.1 Å². The van der Waals surface area contributed by atoms with Crippen molar-refractivity contribution in [2.45, 2.75) is 111 Å². The summed E-state index contributed by atoms with van der Waals surface area (Å²) in [6.45, 7) is 12.6. The molecule has 0 spiro atoms. The van der Waals surface area contributed by atoms with Gasteiger partial charge in [-0.15, -0.1) is 0 Å². The third-order valence-electron chi connectivity index (χ3n) is 8.59. The summed E-state index contributed by atoms with van der Waals surface area (Å²) in [6, 6.07) is 18.2. The molecule has 2 aromatic rings. The Morgan fingerprint density at radius 3 is 1.60 bits per heavy atom. The van der Waals surface area contributed by atoms with Crippen LogP contribution in [0.25, 0.3) is 0 Å². The van der Waals surface area contributed by atoms with Gasteiger partial charge in [-0.1, -0.05) is 122 Å². The van der Waals surface area contributed by atoms with Crippen molar-refractivity contribution in [1.82, 2.24) is 0 Å². The van der Waals surface area contributed by atoms with E-state index in [1.54, 1.807) is 7.11 Å². The van der Waals surface area contributed by atoms with Crippen LogP contribution in [0.15, 0.2) is 54.6 Å². The molecule has 0 aliphatic heterocycles. The lowest BCUT2D eigenvalue weighted by atomic mass is 9.91. The second-order valence-corrected chi connectivity index (χ2v) is 13.0. The standard InChI is InChI=1S/C38H62O5/c1-31(14-10-16-33(3)24-25-43-38(26-39)30-42-28-35-18-7-6-8-19-35)12-9-13-32(2)15-11-17-34(4)27-41-29-36-20-22-37(40-5)23-21-36/h6-8,18-23,31-34,38-39H,9-17,24-30H2,1-5H3/t31-,32+,33-,34+,38+/m1/s1. The lowest BCUT2D eigenvalue weighted by molar-refractivity contribution is -0.0494. The van der Waals surface area contributed by atoms with Crippen molar-refractivity contribution in [1.29, 1.82) is 0 Å². The number of aliphatic hydroxyl groups excluding tert-OH is 1. The minimum absolute atomic E-state index is 0.000556. The molecule has 0 aliphatic rings. The molecule has 5 heteroatoms. The molecule has 0 fully saturated rings. The Morgan fingerprint density at radius 1 is 0.581 bits per heavy atom. The molecular weight excluding hydrogens is 536 g/mol. The van der Waals surface area contributed by atoms with Gasteiger partial charge in [-0.2, -0.15) is 0 Å². The van der Waals surface area contributed by atoms with Crippen molar-refractivity contribution in [2.24, 2.45) is 23.7 Å². The summed E-state index contributed by atoms with van der Waals surface area (Å²) < 4.78 is 22.8. The zero-order valence-electron chi connectivity index (χ0n) is 28.0. The molecule has 0 aromatic heterocycles. The van der Waals surface area contributed by atoms with Gasteiger partial charge in [-0.05, 0) is 59.8 Å². The van der Waals surface area contributed by atoms with E-state index in [0.29, 0.717) is 38.3 Å². The van der Waals surface area contributed by atoms with Crippen LogP contribution < -0.4 is 4.74 Å². The van der Waals surface area contributed by atoms with Crippen LogP contribution in [-0.2, 0) is 27.4 Å². The first-order valence-corrected chi connectivity index (χ1v) is 16.9. The van der Waals surface area contributed by atoms with Crippen LogP contribution in [0.1, 0.15) is 103 Å². The molecular formula is C38H62O5. The SMILES string of the molecule is COc1ccc(COC[C@@H](C)CCC[C@@H](C)CCC[C@@H](C)CCC[C@@H](C)CCO[C@@H](CO)COCc2ccccc2)cc1. The fourth-order valence-corrected chi connectivity index (χ4v) is 5.53. The first-order chi connectivity index (χ1) is 20.9. The van der Waals surface area contributed by atoms with E-state index in [-0.39, 0.29) is 12.7 Å². The van der Waals surface area contributed by atoms with Crippen LogP contribution in [-0.4, -0.2) is 44.7 Å². The number of benzene rings is 2. The molecule has 0 aliphatic carbocycles. The summed E-state index contributed by atoms with van der Waals surface area (Å²) in [6.07, 6.45) is 12.6. The summed E-state index contributed by atoms with van der Waals surface area (Å²) in [5, 5.41) is 9.62. The van der Waals surface area contributed by atoms with E-state index >= 15 is 0 Å². The number of methoxy groups -OCH3 is 1. The van der Waals surface area contributed by atoms with E-state index in [0.717, 1.165) is 36.2 Å². The molecule has 244 valence electrons. The molecule has 5 atom stereocenters. The normalized spacial score (nSPS) is 15.1. The Kier molecular flexibility index (Phi) is 20.3. The first kappa shape index (κ1) is 37.3. The highest BCUT2D eigenvalue weighted by molar-refractivity contribution is 5.26. The highest BCUT2D eigenvalue weighted by atomic mass is 16.5. The Morgan fingerprint density at radius 2 is 1.07 bits per heavy atom. The zero-order chi connectivity index (χ0) is 31.1. The van der Waals surface area contributed by atoms with Gasteiger partial charge in [0, 0.05) is 13.2 Å². The zero-order valence-corrected chi connectivity index (χ0v) is 28.0. The highest BCUT2D eigenvalue weighted by Crippen LogP contribution is 2.23. The van der Waals surface area contributed by atoms with Gasteiger partial charge in [0.1, 0.15) is 11.9 Å². The third kappa shape index (κ3) is 18.5. The van der Waals surface area contributed by atoms with Crippen LogP contribution in [0.4, 0.5) is 0 Å². The molecule has 0 amide bonds. The van der Waals surface area contributed by atoms with Gasteiger partial charge in [0.25, 0.3) is 0 Å². The Labute approximate surface area is 263 Å². The molecule has 0 saturated heterocycles. The molecule has 43 heavy (non-hydrogen) atoms. The van der Waals surface area contributed by atoms with E-state index < -0.39 is 0 Å². The molecule has 0 saturated carbocycles. The number of ether oxygens (including phenoxy) is 4. The van der Waals surface area contributed by atoms with E-state index in [2.05, 4.69) is 39.8 Å². The van der Waals surface area contributed by atoms with Gasteiger partial charge in [-0.25, -0.2) is 0 Å². The smallest absolute Gasteiger partial charge is 0.118 e. The lowest BCUT2D eigenvalue weighted by Crippen LogP contribution is -2.25. The van der Waals surface area contributed by atoms with E-state index in [1.807, 2.05) is 42.5 Å². The minimum Gasteiger partial charge on any atom is -0.497 e. The Balaban J connectivity index is 1.41. The summed E-state index contributed by atoms with van der Waals surface area (Å²) in [4.78, 5) is 0. The predicted molar refractivity (Wildman–Crippen MR) is 178 cm³/mol. The third-order valence-corrected chi connectivity index (χ3v) is 8.59. The van der Waals surface area contributed by atoms with E-state index in [4.69, 9.17) is 18.9 Å². The average Bonchev–Trinajstić information content (AvgIpc) is 3.01. The fourth-order valence-electron chi connectivity index (χ4n) is 5.53. The van der Waals surface area contributed by atoms with Crippen LogP contribution in [0, 0.1) is 23.7 Å². The first-order valence-electron chi connectivity index (χ1n) is 16.9. The van der Waals surface area contributed by atoms with E-state index in [9.17, 15) is 5.11 Å². The summed E-state index contributed by atoms with van der Waals surface area (Å²) in [5.74, 6) is 3.76. The van der Waals surface area contributed by atoms with Gasteiger partial charge in [0.2, 0.25) is 0 Å². The molecule has 0 radical (unpaired) electrons. The Hall–Kier alpha value is -1.92.